The average molecular weight is 772 g/mol. The highest BCUT2D eigenvalue weighted by Gasteiger charge is 2.43. The molecule has 1 rings (SSSR count). The molecule has 4 N–H and O–H groups in total. The number of Topliss-reactive ketones (excluding diaryl/α,β-unsaturated/α-hetero) is 3. The number of hydrogen-bond acceptors (Lipinski definition) is 13. The second-order valence-electron chi connectivity index (χ2n) is 14.3. The zero-order chi connectivity index (χ0) is 40.4. The molecule has 0 aliphatic carbocycles. The molecule has 54 heavy (non-hydrogen) atoms. The van der Waals surface area contributed by atoms with Gasteiger partial charge in [0.05, 0.1) is 58.3 Å². The highest BCUT2D eigenvalue weighted by Crippen LogP contribution is 2.32. The van der Waals surface area contributed by atoms with Gasteiger partial charge in [0.25, 0.3) is 0 Å². The summed E-state index contributed by atoms with van der Waals surface area (Å²) >= 11 is 0. The average Bonchev–Trinajstić information content (AvgIpc) is 3.13. The fourth-order valence-corrected chi connectivity index (χ4v) is 6.38. The highest BCUT2D eigenvalue weighted by atomic mass is 16.7. The van der Waals surface area contributed by atoms with Crippen LogP contribution in [-0.2, 0) is 57.2 Å². The summed E-state index contributed by atoms with van der Waals surface area (Å²) in [6, 6.07) is -0.362. The molecule has 1 fully saturated rings. The van der Waals surface area contributed by atoms with Gasteiger partial charge in [0, 0.05) is 64.5 Å². The fourth-order valence-electron chi connectivity index (χ4n) is 6.38. The van der Waals surface area contributed by atoms with Gasteiger partial charge in [0.15, 0.2) is 6.29 Å². The van der Waals surface area contributed by atoms with E-state index in [1.54, 1.807) is 0 Å². The van der Waals surface area contributed by atoms with Crippen molar-refractivity contribution in [2.45, 2.75) is 143 Å². The van der Waals surface area contributed by atoms with E-state index in [0.29, 0.717) is 78.0 Å². The minimum atomic E-state index is -0.849. The first-order chi connectivity index (χ1) is 25.8. The van der Waals surface area contributed by atoms with Crippen molar-refractivity contribution < 1.29 is 57.2 Å². The molecule has 15 nitrogen and oxygen atoms in total. The summed E-state index contributed by atoms with van der Waals surface area (Å²) in [5, 5.41) is 5.89. The summed E-state index contributed by atoms with van der Waals surface area (Å²) < 4.78 is 34.0. The Morgan fingerprint density at radius 2 is 1.19 bits per heavy atom. The highest BCUT2D eigenvalue weighted by molar-refractivity contribution is 5.82. The second-order valence-corrected chi connectivity index (χ2v) is 14.3. The molecule has 1 heterocycles. The molecule has 0 radical (unpaired) electrons. The maximum atomic E-state index is 12.8. The zero-order valence-corrected chi connectivity index (χ0v) is 33.7. The number of hydrogen-bond donors (Lipinski definition) is 3. The summed E-state index contributed by atoms with van der Waals surface area (Å²) in [6.07, 6.45) is 3.93. The molecule has 15 heteroatoms. The van der Waals surface area contributed by atoms with E-state index in [0.717, 1.165) is 12.8 Å². The molecule has 2 amide bonds. The van der Waals surface area contributed by atoms with Crippen LogP contribution in [0.15, 0.2) is 0 Å². The Balaban J connectivity index is 2.36. The van der Waals surface area contributed by atoms with Gasteiger partial charge in [-0.1, -0.05) is 27.7 Å². The molecule has 1 aliphatic rings. The Morgan fingerprint density at radius 1 is 0.685 bits per heavy atom. The van der Waals surface area contributed by atoms with Gasteiger partial charge in [0.1, 0.15) is 24.0 Å². The van der Waals surface area contributed by atoms with Crippen LogP contribution < -0.4 is 16.4 Å². The minimum Gasteiger partial charge on any atom is -0.463 e. The van der Waals surface area contributed by atoms with Crippen LogP contribution in [0.3, 0.4) is 0 Å². The quantitative estimate of drug-likeness (QED) is 0.0663. The molecule has 312 valence electrons. The lowest BCUT2D eigenvalue weighted by Crippen LogP contribution is -2.58. The number of amides is 2. The van der Waals surface area contributed by atoms with Gasteiger partial charge in [-0.2, -0.15) is 0 Å². The summed E-state index contributed by atoms with van der Waals surface area (Å²) in [5.41, 5.74) is 4.74. The van der Waals surface area contributed by atoms with Crippen LogP contribution in [0.2, 0.25) is 0 Å². The van der Waals surface area contributed by atoms with Gasteiger partial charge in [-0.3, -0.25) is 28.8 Å². The number of ether oxygens (including phenoxy) is 6. The first kappa shape index (κ1) is 49.2. The largest absolute Gasteiger partial charge is 0.463 e. The first-order valence-electron chi connectivity index (χ1n) is 19.7. The van der Waals surface area contributed by atoms with Crippen molar-refractivity contribution in [3.63, 3.8) is 0 Å². The standard InChI is InChI=1S/C39H69N3O12/c1-7-10-32(45)13-16-39(42-36(48)26-40,17-14-33(46)11-8-2)18-15-34(47)12-9-19-49-20-21-50-22-23-51-24-25-52-38-37(41-30(5)43)29(4)28(3)35(54-38)27-53-31(6)44/h28-29,35,37-38H,7-27,40H2,1-6H3,(H,41,43)(H,42,48). The molecular formula is C39H69N3O12. The lowest BCUT2D eigenvalue weighted by atomic mass is 9.81. The van der Waals surface area contributed by atoms with E-state index >= 15 is 0 Å². The normalized spacial score (nSPS) is 19.9. The molecule has 0 bridgehead atoms. The van der Waals surface area contributed by atoms with E-state index in [1.807, 2.05) is 27.7 Å². The van der Waals surface area contributed by atoms with Gasteiger partial charge in [-0.05, 0) is 50.4 Å². The topological polar surface area (TPSA) is 208 Å². The van der Waals surface area contributed by atoms with Crippen LogP contribution in [0.4, 0.5) is 0 Å². The molecule has 1 aliphatic heterocycles. The third-order valence-electron chi connectivity index (χ3n) is 9.70. The smallest absolute Gasteiger partial charge is 0.302 e. The molecule has 5 unspecified atom stereocenters. The van der Waals surface area contributed by atoms with E-state index in [-0.39, 0.29) is 105 Å². The number of carbonyl (C=O) groups is 6. The molecule has 0 aromatic rings. The van der Waals surface area contributed by atoms with Crippen LogP contribution in [0.5, 0.6) is 0 Å². The number of nitrogens with one attached hydrogen (secondary N) is 2. The SMILES string of the molecule is CCCC(=O)CCC(CCC(=O)CCC)(CCC(=O)CCCOCCOCCOCCOC1OC(COC(C)=O)C(C)C(C)C1NC(C)=O)NC(=O)CN. The van der Waals surface area contributed by atoms with Gasteiger partial charge in [-0.15, -0.1) is 0 Å². The molecule has 0 spiro atoms. The second kappa shape index (κ2) is 28.6. The van der Waals surface area contributed by atoms with Crippen molar-refractivity contribution in [1.29, 1.82) is 0 Å². The summed E-state index contributed by atoms with van der Waals surface area (Å²) in [7, 11) is 0. The predicted molar refractivity (Wildman–Crippen MR) is 201 cm³/mol. The molecule has 0 aromatic carbocycles. The number of carbonyl (C=O) groups excluding carboxylic acids is 6. The maximum Gasteiger partial charge on any atom is 0.302 e. The molecule has 0 saturated carbocycles. The Morgan fingerprint density at radius 3 is 1.67 bits per heavy atom. The first-order valence-corrected chi connectivity index (χ1v) is 19.7. The van der Waals surface area contributed by atoms with Crippen molar-refractivity contribution in [3.05, 3.63) is 0 Å². The van der Waals surface area contributed by atoms with Crippen LogP contribution in [-0.4, -0.2) is 119 Å². The van der Waals surface area contributed by atoms with Gasteiger partial charge in [-0.25, -0.2) is 0 Å². The van der Waals surface area contributed by atoms with Crippen LogP contribution in [0.1, 0.15) is 119 Å². The lowest BCUT2D eigenvalue weighted by Gasteiger charge is -2.44. The molecule has 1 saturated heterocycles. The van der Waals surface area contributed by atoms with Crippen molar-refractivity contribution in [2.75, 3.05) is 59.4 Å². The maximum absolute atomic E-state index is 12.8. The molecule has 5 atom stereocenters. The Kier molecular flexibility index (Phi) is 26.0. The van der Waals surface area contributed by atoms with Crippen LogP contribution in [0, 0.1) is 11.8 Å². The van der Waals surface area contributed by atoms with Crippen LogP contribution >= 0.6 is 0 Å². The Bertz CT molecular complexity index is 1110. The van der Waals surface area contributed by atoms with E-state index in [9.17, 15) is 28.8 Å². The predicted octanol–water partition coefficient (Wildman–Crippen LogP) is 3.36. The lowest BCUT2D eigenvalue weighted by molar-refractivity contribution is -0.247. The molecular weight excluding hydrogens is 702 g/mol. The summed E-state index contributed by atoms with van der Waals surface area (Å²) in [4.78, 5) is 73.1. The Labute approximate surface area is 322 Å². The number of nitrogens with two attached hydrogens (primary N) is 1. The van der Waals surface area contributed by atoms with Crippen molar-refractivity contribution >= 4 is 35.1 Å². The molecule has 0 aromatic heterocycles. The van der Waals surface area contributed by atoms with Crippen molar-refractivity contribution in [3.8, 4) is 0 Å². The number of ketones is 3. The van der Waals surface area contributed by atoms with Gasteiger partial charge >= 0.3 is 5.97 Å². The summed E-state index contributed by atoms with van der Waals surface area (Å²) in [5.74, 6) is -0.697. The number of rotatable bonds is 32. The third kappa shape index (κ3) is 21.3. The van der Waals surface area contributed by atoms with E-state index in [2.05, 4.69) is 10.6 Å². The van der Waals surface area contributed by atoms with E-state index < -0.39 is 11.8 Å². The zero-order valence-electron chi connectivity index (χ0n) is 33.7. The fraction of sp³-hybridized carbons (Fsp3) is 0.846. The monoisotopic (exact) mass is 771 g/mol. The minimum absolute atomic E-state index is 0.0191. The van der Waals surface area contributed by atoms with E-state index in [1.165, 1.54) is 13.8 Å². The van der Waals surface area contributed by atoms with Crippen molar-refractivity contribution in [2.24, 2.45) is 17.6 Å². The van der Waals surface area contributed by atoms with Crippen LogP contribution in [0.25, 0.3) is 0 Å². The Hall–Kier alpha value is -2.82. The van der Waals surface area contributed by atoms with Crippen molar-refractivity contribution in [1.82, 2.24) is 10.6 Å². The van der Waals surface area contributed by atoms with Gasteiger partial charge in [0.2, 0.25) is 11.8 Å². The number of esters is 1. The van der Waals surface area contributed by atoms with E-state index in [4.69, 9.17) is 34.2 Å². The van der Waals surface area contributed by atoms with Gasteiger partial charge < -0.3 is 44.8 Å². The third-order valence-corrected chi connectivity index (χ3v) is 9.70. The summed E-state index contributed by atoms with van der Waals surface area (Å²) in [6.45, 7) is 12.9.